The van der Waals surface area contributed by atoms with E-state index in [-0.39, 0.29) is 22.8 Å². The van der Waals surface area contributed by atoms with Gasteiger partial charge in [-0.2, -0.15) is 0 Å². The van der Waals surface area contributed by atoms with Crippen LogP contribution in [0.2, 0.25) is 10.0 Å². The van der Waals surface area contributed by atoms with Crippen LogP contribution in [0.4, 0.5) is 4.39 Å². The zero-order chi connectivity index (χ0) is 23.3. The normalized spacial score (nSPS) is 12.2. The summed E-state index contributed by atoms with van der Waals surface area (Å²) in [7, 11) is 0. The molecule has 2 heterocycles. The molecule has 0 saturated carbocycles. The van der Waals surface area contributed by atoms with Crippen molar-refractivity contribution in [1.29, 1.82) is 0 Å². The highest BCUT2D eigenvalue weighted by atomic mass is 35.5. The molecule has 0 fully saturated rings. The summed E-state index contributed by atoms with van der Waals surface area (Å²) in [5.41, 5.74) is 4.51. The van der Waals surface area contributed by atoms with Crippen LogP contribution in [0.15, 0.2) is 53.3 Å². The van der Waals surface area contributed by atoms with E-state index in [1.807, 2.05) is 26.0 Å². The van der Waals surface area contributed by atoms with E-state index in [9.17, 15) is 9.18 Å². The Balaban J connectivity index is 1.59. The molecule has 0 atom stereocenters. The molecule has 0 aliphatic rings. The molecule has 4 nitrogen and oxygen atoms in total. The highest BCUT2D eigenvalue weighted by molar-refractivity contribution is 7.15. The number of hydrogen-bond donors (Lipinski definition) is 0. The number of hydrogen-bond acceptors (Lipinski definition) is 4. The third kappa shape index (κ3) is 3.88. The zero-order valence-electron chi connectivity index (χ0n) is 17.7. The van der Waals surface area contributed by atoms with E-state index in [2.05, 4.69) is 4.98 Å². The topological polar surface area (TPSA) is 43.6 Å². The Morgan fingerprint density at radius 3 is 2.76 bits per heavy atom. The van der Waals surface area contributed by atoms with Crippen molar-refractivity contribution in [3.05, 3.63) is 102 Å². The summed E-state index contributed by atoms with van der Waals surface area (Å²) >= 11 is 13.6. The largest absolute Gasteiger partial charge is 0.488 e. The van der Waals surface area contributed by atoms with E-state index in [1.165, 1.54) is 23.5 Å². The quantitative estimate of drug-likeness (QED) is 0.300. The minimum absolute atomic E-state index is 0.0603. The monoisotopic (exact) mass is 498 g/mol. The molecule has 0 aliphatic heterocycles. The summed E-state index contributed by atoms with van der Waals surface area (Å²) in [6.07, 6.45) is 1.72. The van der Waals surface area contributed by atoms with Gasteiger partial charge in [-0.3, -0.25) is 4.79 Å². The summed E-state index contributed by atoms with van der Waals surface area (Å²) < 4.78 is 22.1. The van der Waals surface area contributed by atoms with Crippen molar-refractivity contribution < 1.29 is 9.13 Å². The number of fused-ring (bicyclic) bond motifs is 3. The number of aromatic nitrogens is 2. The van der Waals surface area contributed by atoms with Gasteiger partial charge in [0.15, 0.2) is 4.96 Å². The van der Waals surface area contributed by atoms with Crippen LogP contribution < -0.4 is 14.8 Å². The highest BCUT2D eigenvalue weighted by Crippen LogP contribution is 2.27. The van der Waals surface area contributed by atoms with Crippen LogP contribution >= 0.6 is 34.5 Å². The Kier molecular flexibility index (Phi) is 5.60. The maximum absolute atomic E-state index is 14.1. The first-order chi connectivity index (χ1) is 15.8. The smallest absolute Gasteiger partial charge is 0.274 e. The van der Waals surface area contributed by atoms with Crippen LogP contribution in [0.3, 0.4) is 0 Å². The van der Waals surface area contributed by atoms with Gasteiger partial charge in [-0.05, 0) is 67.4 Å². The number of imidazole rings is 1. The van der Waals surface area contributed by atoms with E-state index < -0.39 is 5.82 Å². The number of rotatable bonds is 4. The molecule has 0 radical (unpaired) electrons. The molecule has 0 spiro atoms. The fraction of sp³-hybridized carbons (Fsp3) is 0.120. The predicted molar refractivity (Wildman–Crippen MR) is 132 cm³/mol. The molecular formula is C25H17Cl2FN2O2S. The van der Waals surface area contributed by atoms with Crippen molar-refractivity contribution >= 4 is 56.6 Å². The van der Waals surface area contributed by atoms with Crippen LogP contribution in [-0.4, -0.2) is 9.38 Å². The maximum atomic E-state index is 14.1. The fourth-order valence-corrected chi connectivity index (χ4v) is 5.06. The van der Waals surface area contributed by atoms with Crippen LogP contribution in [-0.2, 0) is 6.61 Å². The third-order valence-electron chi connectivity index (χ3n) is 5.63. The van der Waals surface area contributed by atoms with Crippen LogP contribution in [0.5, 0.6) is 5.75 Å². The Bertz CT molecular complexity index is 1640. The number of ether oxygens (including phenoxy) is 1. The standard InChI is InChI=1S/C25H17Cl2FN2O2S/c1-13-6-8-20-23(14(13)2)29-25-30(20)24(31)22(33-25)11-15-10-16(26)7-9-21(15)32-12-17-18(27)4-3-5-19(17)28/h3-11H,12H2,1-2H3/b22-11+. The first-order valence-corrected chi connectivity index (χ1v) is 11.7. The number of thiazole rings is 1. The molecule has 5 aromatic rings. The molecule has 33 heavy (non-hydrogen) atoms. The van der Waals surface area contributed by atoms with Crippen molar-refractivity contribution in [2.24, 2.45) is 0 Å². The lowest BCUT2D eigenvalue weighted by molar-refractivity contribution is 0.299. The first-order valence-electron chi connectivity index (χ1n) is 10.1. The number of aryl methyl sites for hydroxylation is 2. The SMILES string of the molecule is Cc1ccc2c(nc3s/c(=C/c4cc(Cl)ccc4OCc4c(F)cccc4Cl)c(=O)n32)c1C. The second-order valence-corrected chi connectivity index (χ2v) is 9.54. The van der Waals surface area contributed by atoms with Gasteiger partial charge in [0.25, 0.3) is 5.56 Å². The van der Waals surface area contributed by atoms with E-state index in [0.29, 0.717) is 25.8 Å². The Hall–Kier alpha value is -2.93. The molecule has 166 valence electrons. The molecule has 0 unspecified atom stereocenters. The highest BCUT2D eigenvalue weighted by Gasteiger charge is 2.15. The lowest BCUT2D eigenvalue weighted by atomic mass is 10.1. The van der Waals surface area contributed by atoms with E-state index in [0.717, 1.165) is 22.2 Å². The minimum atomic E-state index is -0.444. The van der Waals surface area contributed by atoms with Gasteiger partial charge in [0.1, 0.15) is 18.2 Å². The maximum Gasteiger partial charge on any atom is 0.274 e. The van der Waals surface area contributed by atoms with E-state index in [1.54, 1.807) is 34.7 Å². The molecule has 0 aliphatic carbocycles. The zero-order valence-corrected chi connectivity index (χ0v) is 20.0. The molecule has 0 bridgehead atoms. The lowest BCUT2D eigenvalue weighted by Gasteiger charge is -2.11. The van der Waals surface area contributed by atoms with Gasteiger partial charge < -0.3 is 4.74 Å². The lowest BCUT2D eigenvalue weighted by Crippen LogP contribution is -2.22. The third-order valence-corrected chi connectivity index (χ3v) is 7.19. The molecule has 0 saturated heterocycles. The fourth-order valence-electron chi connectivity index (χ4n) is 3.69. The predicted octanol–water partition coefficient (Wildman–Crippen LogP) is 6.10. The summed E-state index contributed by atoms with van der Waals surface area (Å²) in [5, 5.41) is 0.774. The second kappa shape index (κ2) is 8.45. The molecule has 2 aromatic heterocycles. The van der Waals surface area contributed by atoms with Gasteiger partial charge >= 0.3 is 0 Å². The van der Waals surface area contributed by atoms with Crippen molar-refractivity contribution in [1.82, 2.24) is 9.38 Å². The number of benzene rings is 3. The molecule has 0 N–H and O–H groups in total. The molecular weight excluding hydrogens is 482 g/mol. The van der Waals surface area contributed by atoms with Crippen LogP contribution in [0.1, 0.15) is 22.3 Å². The Morgan fingerprint density at radius 2 is 1.97 bits per heavy atom. The minimum Gasteiger partial charge on any atom is -0.488 e. The number of halogens is 3. The summed E-state index contributed by atoms with van der Waals surface area (Å²) in [6, 6.07) is 13.5. The van der Waals surface area contributed by atoms with Gasteiger partial charge in [0.2, 0.25) is 0 Å². The van der Waals surface area contributed by atoms with Gasteiger partial charge in [-0.25, -0.2) is 13.8 Å². The van der Waals surface area contributed by atoms with Gasteiger partial charge in [-0.1, -0.05) is 46.7 Å². The molecule has 5 rings (SSSR count). The average Bonchev–Trinajstić information content (AvgIpc) is 3.29. The Morgan fingerprint density at radius 1 is 1.15 bits per heavy atom. The van der Waals surface area contributed by atoms with Gasteiger partial charge in [-0.15, -0.1) is 0 Å². The van der Waals surface area contributed by atoms with Crippen molar-refractivity contribution in [3.8, 4) is 5.75 Å². The Labute approximate surface area is 202 Å². The summed E-state index contributed by atoms with van der Waals surface area (Å²) in [5.74, 6) is 0.0150. The molecule has 3 aromatic carbocycles. The average molecular weight is 499 g/mol. The van der Waals surface area contributed by atoms with Crippen molar-refractivity contribution in [2.75, 3.05) is 0 Å². The van der Waals surface area contributed by atoms with Crippen molar-refractivity contribution in [3.63, 3.8) is 0 Å². The second-order valence-electron chi connectivity index (χ2n) is 7.69. The molecule has 8 heteroatoms. The summed E-state index contributed by atoms with van der Waals surface area (Å²) in [4.78, 5) is 18.5. The first kappa shape index (κ1) is 21.9. The van der Waals surface area contributed by atoms with E-state index in [4.69, 9.17) is 27.9 Å². The van der Waals surface area contributed by atoms with E-state index >= 15 is 0 Å². The van der Waals surface area contributed by atoms with Gasteiger partial charge in [0.05, 0.1) is 20.6 Å². The summed E-state index contributed by atoms with van der Waals surface area (Å²) in [6.45, 7) is 3.97. The van der Waals surface area contributed by atoms with Crippen molar-refractivity contribution in [2.45, 2.75) is 20.5 Å². The van der Waals surface area contributed by atoms with Crippen LogP contribution in [0, 0.1) is 19.7 Å². The van der Waals surface area contributed by atoms with Crippen LogP contribution in [0.25, 0.3) is 22.1 Å². The van der Waals surface area contributed by atoms with Gasteiger partial charge in [0, 0.05) is 16.1 Å². The molecule has 0 amide bonds. The number of nitrogens with zero attached hydrogens (tertiary/aromatic N) is 2.